The summed E-state index contributed by atoms with van der Waals surface area (Å²) in [5.74, 6) is -0.108. The van der Waals surface area contributed by atoms with Crippen LogP contribution in [0.1, 0.15) is 33.1 Å². The minimum absolute atomic E-state index is 0.0958. The van der Waals surface area contributed by atoms with E-state index in [-0.39, 0.29) is 11.9 Å². The number of nitrogens with two attached hydrogens (primary N) is 1. The van der Waals surface area contributed by atoms with Crippen LogP contribution < -0.4 is 11.1 Å². The molecule has 0 spiro atoms. The molecule has 0 saturated carbocycles. The van der Waals surface area contributed by atoms with Gasteiger partial charge in [0.15, 0.2) is 0 Å². The van der Waals surface area contributed by atoms with Crippen molar-refractivity contribution in [1.82, 2.24) is 5.32 Å². The maximum Gasteiger partial charge on any atom is 0.236 e. The van der Waals surface area contributed by atoms with Crippen molar-refractivity contribution in [2.24, 2.45) is 5.73 Å². The normalized spacial score (nSPS) is 14.9. The number of hydrogen-bond acceptors (Lipinski definition) is 3. The van der Waals surface area contributed by atoms with E-state index in [2.05, 4.69) is 12.2 Å². The summed E-state index contributed by atoms with van der Waals surface area (Å²) in [6.45, 7) is 4.36. The smallest absolute Gasteiger partial charge is 0.236 e. The molecule has 0 heterocycles. The van der Waals surface area contributed by atoms with Gasteiger partial charge in [-0.3, -0.25) is 4.79 Å². The molecule has 0 radical (unpaired) electrons. The van der Waals surface area contributed by atoms with E-state index in [1.165, 1.54) is 0 Å². The van der Waals surface area contributed by atoms with Crippen LogP contribution in [0.4, 0.5) is 0 Å². The summed E-state index contributed by atoms with van der Waals surface area (Å²) in [5, 5.41) is 2.86. The predicted molar refractivity (Wildman–Crippen MR) is 57.0 cm³/mol. The third-order valence-corrected chi connectivity index (χ3v) is 2.03. The van der Waals surface area contributed by atoms with Crippen LogP contribution in [-0.2, 0) is 9.53 Å². The second kappa shape index (κ2) is 7.76. The molecule has 0 aromatic heterocycles. The molecule has 4 nitrogen and oxygen atoms in total. The molecule has 4 heteroatoms. The highest BCUT2D eigenvalue weighted by molar-refractivity contribution is 5.81. The Morgan fingerprint density at radius 1 is 1.57 bits per heavy atom. The maximum atomic E-state index is 11.3. The average Bonchev–Trinajstić information content (AvgIpc) is 2.14. The van der Waals surface area contributed by atoms with E-state index >= 15 is 0 Å². The highest BCUT2D eigenvalue weighted by atomic mass is 16.5. The van der Waals surface area contributed by atoms with Crippen LogP contribution in [0, 0.1) is 0 Å². The summed E-state index contributed by atoms with van der Waals surface area (Å²) in [5.41, 5.74) is 5.46. The van der Waals surface area contributed by atoms with Gasteiger partial charge in [-0.1, -0.05) is 19.8 Å². The molecule has 0 aromatic carbocycles. The van der Waals surface area contributed by atoms with Gasteiger partial charge in [0.25, 0.3) is 0 Å². The number of unbranched alkanes of at least 4 members (excludes halogenated alkanes) is 1. The van der Waals surface area contributed by atoms with Crippen LogP contribution in [0.5, 0.6) is 0 Å². The molecule has 0 saturated heterocycles. The number of carbonyl (C=O) groups excluding carboxylic acids is 1. The van der Waals surface area contributed by atoms with Gasteiger partial charge in [-0.2, -0.15) is 0 Å². The summed E-state index contributed by atoms with van der Waals surface area (Å²) in [7, 11) is 1.64. The standard InChI is InChI=1S/C10H22N2O2/c1-4-5-6-9(7-14-3)12-10(13)8(2)11/h8-9H,4-7,11H2,1-3H3,(H,12,13)/t8-,9?/m0/s1. The Hall–Kier alpha value is -0.610. The van der Waals surface area contributed by atoms with Crippen molar-refractivity contribution < 1.29 is 9.53 Å². The van der Waals surface area contributed by atoms with Crippen LogP contribution in [-0.4, -0.2) is 31.7 Å². The molecule has 84 valence electrons. The van der Waals surface area contributed by atoms with Gasteiger partial charge in [0, 0.05) is 7.11 Å². The molecule has 0 rings (SSSR count). The van der Waals surface area contributed by atoms with Crippen LogP contribution in [0.15, 0.2) is 0 Å². The zero-order valence-electron chi connectivity index (χ0n) is 9.38. The first kappa shape index (κ1) is 13.4. The Bertz CT molecular complexity index is 160. The Labute approximate surface area is 86.2 Å². The molecule has 1 amide bonds. The van der Waals surface area contributed by atoms with E-state index in [4.69, 9.17) is 10.5 Å². The molecule has 1 unspecified atom stereocenters. The van der Waals surface area contributed by atoms with E-state index in [0.717, 1.165) is 19.3 Å². The van der Waals surface area contributed by atoms with Gasteiger partial charge >= 0.3 is 0 Å². The Morgan fingerprint density at radius 3 is 2.64 bits per heavy atom. The lowest BCUT2D eigenvalue weighted by atomic mass is 10.1. The molecule has 0 aliphatic carbocycles. The molecule has 0 aliphatic heterocycles. The number of nitrogens with one attached hydrogen (secondary N) is 1. The second-order valence-electron chi connectivity index (χ2n) is 3.59. The lowest BCUT2D eigenvalue weighted by Crippen LogP contribution is -2.45. The minimum Gasteiger partial charge on any atom is -0.383 e. The molecule has 0 bridgehead atoms. The highest BCUT2D eigenvalue weighted by Gasteiger charge is 2.13. The van der Waals surface area contributed by atoms with Gasteiger partial charge in [0.1, 0.15) is 0 Å². The Balaban J connectivity index is 3.88. The molecule has 0 fully saturated rings. The maximum absolute atomic E-state index is 11.3. The van der Waals surface area contributed by atoms with Crippen molar-refractivity contribution >= 4 is 5.91 Å². The summed E-state index contributed by atoms with van der Waals surface area (Å²) >= 11 is 0. The van der Waals surface area contributed by atoms with Crippen molar-refractivity contribution in [3.8, 4) is 0 Å². The molecular weight excluding hydrogens is 180 g/mol. The fourth-order valence-electron chi connectivity index (χ4n) is 1.18. The van der Waals surface area contributed by atoms with Crippen molar-refractivity contribution in [3.05, 3.63) is 0 Å². The monoisotopic (exact) mass is 202 g/mol. The van der Waals surface area contributed by atoms with Gasteiger partial charge in [-0.15, -0.1) is 0 Å². The van der Waals surface area contributed by atoms with Crippen molar-refractivity contribution in [3.63, 3.8) is 0 Å². The van der Waals surface area contributed by atoms with E-state index in [9.17, 15) is 4.79 Å². The third kappa shape index (κ3) is 5.94. The number of carbonyl (C=O) groups is 1. The van der Waals surface area contributed by atoms with Gasteiger partial charge in [0.05, 0.1) is 18.7 Å². The molecular formula is C10H22N2O2. The molecule has 14 heavy (non-hydrogen) atoms. The molecule has 3 N–H and O–H groups in total. The van der Waals surface area contributed by atoms with Crippen molar-refractivity contribution in [2.45, 2.75) is 45.2 Å². The first-order chi connectivity index (χ1) is 6.61. The number of amides is 1. The first-order valence-electron chi connectivity index (χ1n) is 5.16. The van der Waals surface area contributed by atoms with Gasteiger partial charge < -0.3 is 15.8 Å². The summed E-state index contributed by atoms with van der Waals surface area (Å²) in [6, 6.07) is -0.352. The summed E-state index contributed by atoms with van der Waals surface area (Å²) in [6.07, 6.45) is 3.16. The SMILES string of the molecule is CCCCC(COC)NC(=O)[C@H](C)N. The second-order valence-corrected chi connectivity index (χ2v) is 3.59. The third-order valence-electron chi connectivity index (χ3n) is 2.03. The fourth-order valence-corrected chi connectivity index (χ4v) is 1.18. The molecule has 2 atom stereocenters. The molecule has 0 aromatic rings. The lowest BCUT2D eigenvalue weighted by Gasteiger charge is -2.18. The number of methoxy groups -OCH3 is 1. The average molecular weight is 202 g/mol. The fraction of sp³-hybridized carbons (Fsp3) is 0.900. The number of rotatable bonds is 7. The number of ether oxygens (including phenoxy) is 1. The van der Waals surface area contributed by atoms with Gasteiger partial charge in [0.2, 0.25) is 5.91 Å². The van der Waals surface area contributed by atoms with Gasteiger partial charge in [-0.05, 0) is 13.3 Å². The van der Waals surface area contributed by atoms with Crippen LogP contribution in [0.2, 0.25) is 0 Å². The van der Waals surface area contributed by atoms with E-state index in [1.807, 2.05) is 0 Å². The van der Waals surface area contributed by atoms with Crippen LogP contribution >= 0.6 is 0 Å². The van der Waals surface area contributed by atoms with Gasteiger partial charge in [-0.25, -0.2) is 0 Å². The van der Waals surface area contributed by atoms with Crippen LogP contribution in [0.3, 0.4) is 0 Å². The first-order valence-corrected chi connectivity index (χ1v) is 5.16. The molecule has 0 aliphatic rings. The van der Waals surface area contributed by atoms with Crippen LogP contribution in [0.25, 0.3) is 0 Å². The van der Waals surface area contributed by atoms with E-state index < -0.39 is 6.04 Å². The quantitative estimate of drug-likeness (QED) is 0.637. The topological polar surface area (TPSA) is 64.3 Å². The number of hydrogen-bond donors (Lipinski definition) is 2. The summed E-state index contributed by atoms with van der Waals surface area (Å²) < 4.78 is 5.03. The van der Waals surface area contributed by atoms with E-state index in [0.29, 0.717) is 6.61 Å². The zero-order chi connectivity index (χ0) is 11.0. The highest BCUT2D eigenvalue weighted by Crippen LogP contribution is 2.01. The van der Waals surface area contributed by atoms with Crippen molar-refractivity contribution in [2.75, 3.05) is 13.7 Å². The zero-order valence-corrected chi connectivity index (χ0v) is 9.38. The Morgan fingerprint density at radius 2 is 2.21 bits per heavy atom. The van der Waals surface area contributed by atoms with E-state index in [1.54, 1.807) is 14.0 Å². The summed E-state index contributed by atoms with van der Waals surface area (Å²) in [4.78, 5) is 11.3. The largest absolute Gasteiger partial charge is 0.383 e. The van der Waals surface area contributed by atoms with Crippen molar-refractivity contribution in [1.29, 1.82) is 0 Å². The predicted octanol–water partition coefficient (Wildman–Crippen LogP) is 0.655. The minimum atomic E-state index is -0.448. The Kier molecular flexibility index (Phi) is 7.42. The lowest BCUT2D eigenvalue weighted by molar-refractivity contribution is -0.123.